The highest BCUT2D eigenvalue weighted by molar-refractivity contribution is 5.99. The van der Waals surface area contributed by atoms with E-state index >= 15 is 0 Å². The first-order valence-electron chi connectivity index (χ1n) is 8.19. The minimum atomic E-state index is -0.386. The summed E-state index contributed by atoms with van der Waals surface area (Å²) < 4.78 is 13.8. The Morgan fingerprint density at radius 2 is 2.04 bits per heavy atom. The number of para-hydroxylation sites is 1. The van der Waals surface area contributed by atoms with Gasteiger partial charge in [0.1, 0.15) is 11.6 Å². The van der Waals surface area contributed by atoms with Crippen LogP contribution in [-0.4, -0.2) is 30.5 Å². The number of hydrogen-bond acceptors (Lipinski definition) is 4. The van der Waals surface area contributed by atoms with E-state index in [4.69, 9.17) is 0 Å². The third kappa shape index (κ3) is 5.83. The number of rotatable bonds is 6. The molecule has 3 N–H and O–H groups in total. The lowest BCUT2D eigenvalue weighted by atomic mass is 10.1. The lowest BCUT2D eigenvalue weighted by Gasteiger charge is -2.13. The van der Waals surface area contributed by atoms with Crippen molar-refractivity contribution in [1.82, 2.24) is 15.6 Å². The summed E-state index contributed by atoms with van der Waals surface area (Å²) in [7, 11) is 0. The molecule has 0 aliphatic carbocycles. The molecule has 0 bridgehead atoms. The maximum absolute atomic E-state index is 13.8. The molecule has 3 rings (SSSR count). The zero-order valence-electron chi connectivity index (χ0n) is 14.2. The fraction of sp³-hybridized carbons (Fsp3) is 0.333. The van der Waals surface area contributed by atoms with Crippen LogP contribution in [0.25, 0.3) is 0 Å². The van der Waals surface area contributed by atoms with Gasteiger partial charge in [-0.25, -0.2) is 9.37 Å². The SMILES string of the molecule is Cl.Cl.O=C(NCCC1CCNC1)c1cccnc1Nc1ccccc1F. The second-order valence-corrected chi connectivity index (χ2v) is 5.91. The predicted octanol–water partition coefficient (Wildman–Crippen LogP) is 3.54. The van der Waals surface area contributed by atoms with Gasteiger partial charge in [0.05, 0.1) is 11.3 Å². The number of anilines is 2. The number of nitrogens with one attached hydrogen (secondary N) is 3. The van der Waals surface area contributed by atoms with Crippen molar-refractivity contribution in [2.45, 2.75) is 12.8 Å². The highest BCUT2D eigenvalue weighted by atomic mass is 35.5. The maximum atomic E-state index is 13.8. The summed E-state index contributed by atoms with van der Waals surface area (Å²) in [6.45, 7) is 2.69. The van der Waals surface area contributed by atoms with E-state index < -0.39 is 0 Å². The van der Waals surface area contributed by atoms with Crippen molar-refractivity contribution in [1.29, 1.82) is 0 Å². The van der Waals surface area contributed by atoms with E-state index in [-0.39, 0.29) is 36.5 Å². The van der Waals surface area contributed by atoms with Crippen molar-refractivity contribution in [3.8, 4) is 0 Å². The molecule has 1 unspecified atom stereocenters. The van der Waals surface area contributed by atoms with Gasteiger partial charge in [0.2, 0.25) is 0 Å². The Hall–Kier alpha value is -1.89. The van der Waals surface area contributed by atoms with Crippen molar-refractivity contribution >= 4 is 42.2 Å². The summed E-state index contributed by atoms with van der Waals surface area (Å²) >= 11 is 0. The molecule has 1 atom stereocenters. The largest absolute Gasteiger partial charge is 0.352 e. The number of nitrogens with zero attached hydrogens (tertiary/aromatic N) is 1. The first kappa shape index (κ1) is 22.2. The predicted molar refractivity (Wildman–Crippen MR) is 106 cm³/mol. The summed E-state index contributed by atoms with van der Waals surface area (Å²) in [5, 5.41) is 9.14. The van der Waals surface area contributed by atoms with Crippen LogP contribution in [0.2, 0.25) is 0 Å². The van der Waals surface area contributed by atoms with Crippen LogP contribution in [-0.2, 0) is 0 Å². The lowest BCUT2D eigenvalue weighted by molar-refractivity contribution is 0.0952. The van der Waals surface area contributed by atoms with Crippen LogP contribution in [0.4, 0.5) is 15.9 Å². The molecule has 1 aliphatic heterocycles. The van der Waals surface area contributed by atoms with Gasteiger partial charge in [-0.2, -0.15) is 0 Å². The maximum Gasteiger partial charge on any atom is 0.255 e. The van der Waals surface area contributed by atoms with Crippen molar-refractivity contribution in [3.63, 3.8) is 0 Å². The molecule has 1 fully saturated rings. The zero-order valence-corrected chi connectivity index (χ0v) is 15.8. The van der Waals surface area contributed by atoms with Crippen LogP contribution < -0.4 is 16.0 Å². The Bertz CT molecular complexity index is 711. The fourth-order valence-corrected chi connectivity index (χ4v) is 2.82. The molecular formula is C18H23Cl2FN4O. The van der Waals surface area contributed by atoms with Gasteiger partial charge in [0.15, 0.2) is 0 Å². The molecule has 0 radical (unpaired) electrons. The first-order valence-corrected chi connectivity index (χ1v) is 8.19. The number of hydrogen-bond donors (Lipinski definition) is 3. The van der Waals surface area contributed by atoms with Crippen molar-refractivity contribution < 1.29 is 9.18 Å². The molecule has 5 nitrogen and oxygen atoms in total. The molecule has 1 aliphatic rings. The number of amides is 1. The lowest BCUT2D eigenvalue weighted by Crippen LogP contribution is -2.27. The van der Waals surface area contributed by atoms with Gasteiger partial charge in [0.25, 0.3) is 5.91 Å². The Kier molecular flexibility index (Phi) is 9.34. The van der Waals surface area contributed by atoms with Gasteiger partial charge >= 0.3 is 0 Å². The average molecular weight is 401 g/mol. The highest BCUT2D eigenvalue weighted by Crippen LogP contribution is 2.21. The van der Waals surface area contributed by atoms with E-state index in [0.29, 0.717) is 29.5 Å². The van der Waals surface area contributed by atoms with E-state index in [1.807, 2.05) is 0 Å². The van der Waals surface area contributed by atoms with Crippen LogP contribution in [0, 0.1) is 11.7 Å². The van der Waals surface area contributed by atoms with Crippen molar-refractivity contribution in [3.05, 3.63) is 54.0 Å². The van der Waals surface area contributed by atoms with E-state index in [2.05, 4.69) is 20.9 Å². The Morgan fingerprint density at radius 3 is 2.77 bits per heavy atom. The third-order valence-corrected chi connectivity index (χ3v) is 4.18. The van der Waals surface area contributed by atoms with Crippen molar-refractivity contribution in [2.75, 3.05) is 25.0 Å². The summed E-state index contributed by atoms with van der Waals surface area (Å²) in [6.07, 6.45) is 3.68. The van der Waals surface area contributed by atoms with Crippen LogP contribution in [0.3, 0.4) is 0 Å². The quantitative estimate of drug-likeness (QED) is 0.693. The second kappa shape index (κ2) is 11.0. The molecule has 0 spiro atoms. The Morgan fingerprint density at radius 1 is 1.23 bits per heavy atom. The van der Waals surface area contributed by atoms with E-state index in [0.717, 1.165) is 25.9 Å². The Labute approximate surface area is 165 Å². The number of aromatic nitrogens is 1. The first-order chi connectivity index (χ1) is 11.7. The molecule has 1 saturated heterocycles. The average Bonchev–Trinajstić information content (AvgIpc) is 3.11. The summed E-state index contributed by atoms with van der Waals surface area (Å²) in [6, 6.07) is 9.69. The van der Waals surface area contributed by atoms with E-state index in [1.54, 1.807) is 36.5 Å². The molecule has 1 aromatic heterocycles. The summed E-state index contributed by atoms with van der Waals surface area (Å²) in [4.78, 5) is 16.6. The van der Waals surface area contributed by atoms with Gasteiger partial charge in [0, 0.05) is 12.7 Å². The summed E-state index contributed by atoms with van der Waals surface area (Å²) in [5.74, 6) is 0.383. The molecule has 142 valence electrons. The highest BCUT2D eigenvalue weighted by Gasteiger charge is 2.16. The second-order valence-electron chi connectivity index (χ2n) is 5.91. The molecule has 26 heavy (non-hydrogen) atoms. The molecule has 8 heteroatoms. The number of halogens is 3. The monoisotopic (exact) mass is 400 g/mol. The molecule has 1 aromatic carbocycles. The molecule has 1 amide bonds. The smallest absolute Gasteiger partial charge is 0.255 e. The van der Waals surface area contributed by atoms with Gasteiger partial charge in [-0.05, 0) is 56.1 Å². The molecule has 0 saturated carbocycles. The van der Waals surface area contributed by atoms with Gasteiger partial charge in [-0.1, -0.05) is 12.1 Å². The number of pyridine rings is 1. The Balaban J connectivity index is 0.00000169. The number of carbonyl (C=O) groups is 1. The van der Waals surface area contributed by atoms with Crippen LogP contribution in [0.15, 0.2) is 42.6 Å². The van der Waals surface area contributed by atoms with Crippen molar-refractivity contribution in [2.24, 2.45) is 5.92 Å². The third-order valence-electron chi connectivity index (χ3n) is 4.18. The minimum absolute atomic E-state index is 0. The number of carbonyl (C=O) groups excluding carboxylic acids is 1. The molecule has 2 aromatic rings. The van der Waals surface area contributed by atoms with E-state index in [9.17, 15) is 9.18 Å². The summed E-state index contributed by atoms with van der Waals surface area (Å²) in [5.41, 5.74) is 0.701. The van der Waals surface area contributed by atoms with E-state index in [1.165, 1.54) is 6.07 Å². The normalized spacial score (nSPS) is 15.5. The standard InChI is InChI=1S/C18H21FN4O.2ClH/c19-15-5-1-2-6-16(15)23-17-14(4-3-9-21-17)18(24)22-11-8-13-7-10-20-12-13;;/h1-6,9,13,20H,7-8,10-12H2,(H,21,23)(H,22,24);2*1H. The van der Waals surface area contributed by atoms with Gasteiger partial charge in [-0.15, -0.1) is 24.8 Å². The fourth-order valence-electron chi connectivity index (χ4n) is 2.82. The van der Waals surface area contributed by atoms with Gasteiger partial charge in [-0.3, -0.25) is 4.79 Å². The molecule has 2 heterocycles. The van der Waals surface area contributed by atoms with Crippen LogP contribution in [0.1, 0.15) is 23.2 Å². The van der Waals surface area contributed by atoms with Crippen LogP contribution >= 0.6 is 24.8 Å². The molecular weight excluding hydrogens is 378 g/mol. The number of benzene rings is 1. The zero-order chi connectivity index (χ0) is 16.8. The topological polar surface area (TPSA) is 66.0 Å². The minimum Gasteiger partial charge on any atom is -0.352 e. The van der Waals surface area contributed by atoms with Crippen LogP contribution in [0.5, 0.6) is 0 Å². The van der Waals surface area contributed by atoms with Gasteiger partial charge < -0.3 is 16.0 Å².